The SMILES string of the molecule is O=C(NCCN1CCN(c2ccccc2)CC1)c1ccc(Cl)c(Cl)c1. The van der Waals surface area contributed by atoms with E-state index in [-0.39, 0.29) is 5.91 Å². The third-order valence-corrected chi connectivity index (χ3v) is 5.13. The molecule has 25 heavy (non-hydrogen) atoms. The van der Waals surface area contributed by atoms with Crippen LogP contribution in [0.25, 0.3) is 0 Å². The maximum absolute atomic E-state index is 12.1. The molecule has 0 bridgehead atoms. The number of nitrogens with one attached hydrogen (secondary N) is 1. The second-order valence-corrected chi connectivity index (χ2v) is 6.86. The van der Waals surface area contributed by atoms with Gasteiger partial charge in [0.2, 0.25) is 0 Å². The van der Waals surface area contributed by atoms with E-state index in [0.29, 0.717) is 22.2 Å². The van der Waals surface area contributed by atoms with Gasteiger partial charge in [-0.3, -0.25) is 9.69 Å². The molecular weight excluding hydrogens is 357 g/mol. The van der Waals surface area contributed by atoms with Gasteiger partial charge in [0.1, 0.15) is 0 Å². The lowest BCUT2D eigenvalue weighted by atomic mass is 10.2. The number of hydrogen-bond acceptors (Lipinski definition) is 3. The largest absolute Gasteiger partial charge is 0.369 e. The minimum absolute atomic E-state index is 0.124. The Balaban J connectivity index is 1.41. The van der Waals surface area contributed by atoms with Crippen molar-refractivity contribution in [2.45, 2.75) is 0 Å². The quantitative estimate of drug-likeness (QED) is 0.865. The molecular formula is C19H21Cl2N3O. The number of hydrogen-bond donors (Lipinski definition) is 1. The molecule has 1 aliphatic heterocycles. The maximum Gasteiger partial charge on any atom is 0.251 e. The van der Waals surface area contributed by atoms with E-state index in [9.17, 15) is 4.79 Å². The Hall–Kier alpha value is -1.75. The number of rotatable bonds is 5. The molecule has 0 aromatic heterocycles. The van der Waals surface area contributed by atoms with Crippen molar-refractivity contribution in [2.75, 3.05) is 44.2 Å². The highest BCUT2D eigenvalue weighted by Gasteiger charge is 2.17. The number of nitrogens with zero attached hydrogens (tertiary/aromatic N) is 2. The minimum Gasteiger partial charge on any atom is -0.369 e. The summed E-state index contributed by atoms with van der Waals surface area (Å²) in [6.45, 7) is 5.46. The van der Waals surface area contributed by atoms with Crippen LogP contribution in [0.15, 0.2) is 48.5 Å². The highest BCUT2D eigenvalue weighted by Crippen LogP contribution is 2.22. The van der Waals surface area contributed by atoms with Crippen molar-refractivity contribution >= 4 is 34.8 Å². The van der Waals surface area contributed by atoms with E-state index < -0.39 is 0 Å². The van der Waals surface area contributed by atoms with Gasteiger partial charge < -0.3 is 10.2 Å². The van der Waals surface area contributed by atoms with Gasteiger partial charge in [0.05, 0.1) is 10.0 Å². The van der Waals surface area contributed by atoms with Gasteiger partial charge >= 0.3 is 0 Å². The lowest BCUT2D eigenvalue weighted by Gasteiger charge is -2.36. The van der Waals surface area contributed by atoms with Crippen molar-refractivity contribution in [3.63, 3.8) is 0 Å². The predicted octanol–water partition coefficient (Wildman–Crippen LogP) is 3.55. The maximum atomic E-state index is 12.1. The number of piperazine rings is 1. The molecule has 0 unspecified atom stereocenters. The summed E-state index contributed by atoms with van der Waals surface area (Å²) in [7, 11) is 0. The van der Waals surface area contributed by atoms with Gasteiger partial charge in [-0.05, 0) is 30.3 Å². The van der Waals surface area contributed by atoms with Crippen molar-refractivity contribution < 1.29 is 4.79 Å². The molecule has 1 amide bonds. The predicted molar refractivity (Wildman–Crippen MR) is 104 cm³/mol. The molecule has 1 saturated heterocycles. The molecule has 1 fully saturated rings. The van der Waals surface area contributed by atoms with Crippen molar-refractivity contribution in [3.05, 3.63) is 64.1 Å². The molecule has 132 valence electrons. The van der Waals surface area contributed by atoms with Crippen molar-refractivity contribution in [1.82, 2.24) is 10.2 Å². The first-order chi connectivity index (χ1) is 12.1. The first kappa shape index (κ1) is 18.1. The number of anilines is 1. The lowest BCUT2D eigenvalue weighted by Crippen LogP contribution is -2.48. The van der Waals surface area contributed by atoms with Crippen LogP contribution < -0.4 is 10.2 Å². The second kappa shape index (κ2) is 8.56. The van der Waals surface area contributed by atoms with Crippen LogP contribution in [0.5, 0.6) is 0 Å². The minimum atomic E-state index is -0.124. The molecule has 1 aliphatic rings. The molecule has 0 radical (unpaired) electrons. The molecule has 1 heterocycles. The second-order valence-electron chi connectivity index (χ2n) is 6.05. The van der Waals surface area contributed by atoms with E-state index >= 15 is 0 Å². The summed E-state index contributed by atoms with van der Waals surface area (Å²) in [6, 6.07) is 15.4. The molecule has 0 saturated carbocycles. The average molecular weight is 378 g/mol. The Morgan fingerprint density at radius 2 is 1.68 bits per heavy atom. The van der Waals surface area contributed by atoms with Crippen LogP contribution in [0.1, 0.15) is 10.4 Å². The third-order valence-electron chi connectivity index (χ3n) is 4.39. The fourth-order valence-electron chi connectivity index (χ4n) is 2.94. The van der Waals surface area contributed by atoms with Gasteiger partial charge in [0.25, 0.3) is 5.91 Å². The summed E-state index contributed by atoms with van der Waals surface area (Å²) in [6.07, 6.45) is 0. The summed E-state index contributed by atoms with van der Waals surface area (Å²) in [5.74, 6) is -0.124. The summed E-state index contributed by atoms with van der Waals surface area (Å²) in [5.41, 5.74) is 1.80. The van der Waals surface area contributed by atoms with Crippen LogP contribution in [-0.2, 0) is 0 Å². The first-order valence-electron chi connectivity index (χ1n) is 8.39. The zero-order chi connectivity index (χ0) is 17.6. The van der Waals surface area contributed by atoms with Crippen molar-refractivity contribution in [2.24, 2.45) is 0 Å². The topological polar surface area (TPSA) is 35.6 Å². The van der Waals surface area contributed by atoms with Crippen molar-refractivity contribution in [1.29, 1.82) is 0 Å². The van der Waals surface area contributed by atoms with E-state index in [4.69, 9.17) is 23.2 Å². The molecule has 3 rings (SSSR count). The van der Waals surface area contributed by atoms with Gasteiger partial charge in [0.15, 0.2) is 0 Å². The lowest BCUT2D eigenvalue weighted by molar-refractivity contribution is 0.0948. The van der Waals surface area contributed by atoms with E-state index in [2.05, 4.69) is 39.4 Å². The Bertz CT molecular complexity index is 716. The number of carbonyl (C=O) groups is 1. The average Bonchev–Trinajstić information content (AvgIpc) is 2.65. The number of halogens is 2. The fraction of sp³-hybridized carbons (Fsp3) is 0.316. The summed E-state index contributed by atoms with van der Waals surface area (Å²) in [5, 5.41) is 3.79. The van der Waals surface area contributed by atoms with Gasteiger partial charge in [-0.2, -0.15) is 0 Å². The molecule has 2 aromatic carbocycles. The molecule has 4 nitrogen and oxygen atoms in total. The monoisotopic (exact) mass is 377 g/mol. The van der Waals surface area contributed by atoms with Crippen LogP contribution in [0.3, 0.4) is 0 Å². The molecule has 0 spiro atoms. The number of benzene rings is 2. The van der Waals surface area contributed by atoms with E-state index in [0.717, 1.165) is 32.7 Å². The molecule has 0 atom stereocenters. The standard InChI is InChI=1S/C19H21Cl2N3O/c20-17-7-6-15(14-18(17)21)19(25)22-8-9-23-10-12-24(13-11-23)16-4-2-1-3-5-16/h1-7,14H,8-13H2,(H,22,25). The summed E-state index contributed by atoms with van der Waals surface area (Å²) < 4.78 is 0. The summed E-state index contributed by atoms with van der Waals surface area (Å²) in [4.78, 5) is 16.9. The highest BCUT2D eigenvalue weighted by molar-refractivity contribution is 6.42. The number of para-hydroxylation sites is 1. The number of carbonyl (C=O) groups excluding carboxylic acids is 1. The summed E-state index contributed by atoms with van der Waals surface area (Å²) >= 11 is 11.8. The highest BCUT2D eigenvalue weighted by atomic mass is 35.5. The Morgan fingerprint density at radius 3 is 2.36 bits per heavy atom. The van der Waals surface area contributed by atoms with Crippen LogP contribution in [-0.4, -0.2) is 50.1 Å². The van der Waals surface area contributed by atoms with Gasteiger partial charge in [0, 0.05) is 50.5 Å². The zero-order valence-corrected chi connectivity index (χ0v) is 15.4. The Kier molecular flexibility index (Phi) is 6.19. The van der Waals surface area contributed by atoms with Crippen molar-refractivity contribution in [3.8, 4) is 0 Å². The van der Waals surface area contributed by atoms with Crippen LogP contribution >= 0.6 is 23.2 Å². The Labute approximate surface area is 158 Å². The molecule has 0 aliphatic carbocycles. The molecule has 6 heteroatoms. The molecule has 1 N–H and O–H groups in total. The van der Waals surface area contributed by atoms with Crippen LogP contribution in [0.4, 0.5) is 5.69 Å². The fourth-order valence-corrected chi connectivity index (χ4v) is 3.23. The van der Waals surface area contributed by atoms with E-state index in [1.54, 1.807) is 18.2 Å². The van der Waals surface area contributed by atoms with Gasteiger partial charge in [-0.25, -0.2) is 0 Å². The third kappa shape index (κ3) is 4.88. The number of amides is 1. The first-order valence-corrected chi connectivity index (χ1v) is 9.15. The van der Waals surface area contributed by atoms with Crippen LogP contribution in [0.2, 0.25) is 10.0 Å². The van der Waals surface area contributed by atoms with E-state index in [1.165, 1.54) is 5.69 Å². The smallest absolute Gasteiger partial charge is 0.251 e. The van der Waals surface area contributed by atoms with Crippen LogP contribution in [0, 0.1) is 0 Å². The normalized spacial score (nSPS) is 15.2. The molecule has 2 aromatic rings. The zero-order valence-electron chi connectivity index (χ0n) is 13.9. The van der Waals surface area contributed by atoms with Gasteiger partial charge in [-0.15, -0.1) is 0 Å². The van der Waals surface area contributed by atoms with Gasteiger partial charge in [-0.1, -0.05) is 41.4 Å². The Morgan fingerprint density at radius 1 is 0.960 bits per heavy atom. The van der Waals surface area contributed by atoms with E-state index in [1.807, 2.05) is 6.07 Å².